The van der Waals surface area contributed by atoms with E-state index in [4.69, 9.17) is 0 Å². The number of aromatic nitrogens is 2. The van der Waals surface area contributed by atoms with E-state index >= 15 is 0 Å². The molecule has 0 atom stereocenters. The van der Waals surface area contributed by atoms with Crippen molar-refractivity contribution in [3.05, 3.63) is 35.2 Å². The average molecular weight is 279 g/mol. The molecule has 1 N–H and O–H groups in total. The van der Waals surface area contributed by atoms with Gasteiger partial charge in [-0.25, -0.2) is 4.98 Å². The highest BCUT2D eigenvalue weighted by molar-refractivity contribution is 8.01. The van der Waals surface area contributed by atoms with Gasteiger partial charge in [-0.05, 0) is 42.7 Å². The van der Waals surface area contributed by atoms with E-state index in [0.717, 1.165) is 23.1 Å². The lowest BCUT2D eigenvalue weighted by atomic mass is 10.1. The van der Waals surface area contributed by atoms with Gasteiger partial charge in [-0.2, -0.15) is 4.37 Å². The molecular formula is C13H17N3S2. The van der Waals surface area contributed by atoms with E-state index in [2.05, 4.69) is 46.7 Å². The van der Waals surface area contributed by atoms with Crippen LogP contribution >= 0.6 is 23.3 Å². The summed E-state index contributed by atoms with van der Waals surface area (Å²) in [5.74, 6) is 0.937. The van der Waals surface area contributed by atoms with Crippen molar-refractivity contribution in [2.24, 2.45) is 0 Å². The Morgan fingerprint density at radius 1 is 1.39 bits per heavy atom. The van der Waals surface area contributed by atoms with Gasteiger partial charge in [0, 0.05) is 17.9 Å². The number of nitrogens with zero attached hydrogens (tertiary/aromatic N) is 2. The molecule has 0 aliphatic carbocycles. The number of benzene rings is 1. The lowest BCUT2D eigenvalue weighted by molar-refractivity contribution is 0.815. The van der Waals surface area contributed by atoms with Gasteiger partial charge < -0.3 is 5.32 Å². The standard InChI is InChI=1S/C13H17N3S2/c1-4-12-15-13(18-16-12)17-11-6-5-10(8-14-3)7-9(11)2/h5-7,14H,4,8H2,1-3H3. The molecule has 1 aromatic heterocycles. The van der Waals surface area contributed by atoms with E-state index in [0.29, 0.717) is 0 Å². The molecule has 0 amide bonds. The van der Waals surface area contributed by atoms with Crippen LogP contribution in [0.25, 0.3) is 0 Å². The van der Waals surface area contributed by atoms with Crippen LogP contribution in [0.5, 0.6) is 0 Å². The minimum absolute atomic E-state index is 0.900. The van der Waals surface area contributed by atoms with Crippen LogP contribution in [0.1, 0.15) is 23.9 Å². The van der Waals surface area contributed by atoms with Crippen molar-refractivity contribution in [3.63, 3.8) is 0 Å². The number of hydrogen-bond donors (Lipinski definition) is 1. The Balaban J connectivity index is 2.13. The van der Waals surface area contributed by atoms with E-state index in [1.807, 2.05) is 7.05 Å². The molecule has 0 aliphatic rings. The van der Waals surface area contributed by atoms with Crippen molar-refractivity contribution >= 4 is 23.3 Å². The summed E-state index contributed by atoms with van der Waals surface area (Å²) in [6, 6.07) is 6.55. The van der Waals surface area contributed by atoms with Gasteiger partial charge >= 0.3 is 0 Å². The van der Waals surface area contributed by atoms with E-state index in [1.54, 1.807) is 11.8 Å². The highest BCUT2D eigenvalue weighted by atomic mass is 32.2. The van der Waals surface area contributed by atoms with Gasteiger partial charge in [-0.1, -0.05) is 30.8 Å². The van der Waals surface area contributed by atoms with Crippen LogP contribution < -0.4 is 5.32 Å². The van der Waals surface area contributed by atoms with Gasteiger partial charge in [0.15, 0.2) is 4.34 Å². The molecular weight excluding hydrogens is 262 g/mol. The normalized spacial score (nSPS) is 10.8. The third kappa shape index (κ3) is 3.31. The fraction of sp³-hybridized carbons (Fsp3) is 0.385. The van der Waals surface area contributed by atoms with Crippen molar-refractivity contribution in [3.8, 4) is 0 Å². The summed E-state index contributed by atoms with van der Waals surface area (Å²) in [6.45, 7) is 5.13. The molecule has 3 nitrogen and oxygen atoms in total. The number of rotatable bonds is 5. The lowest BCUT2D eigenvalue weighted by Crippen LogP contribution is -2.05. The molecule has 18 heavy (non-hydrogen) atoms. The number of aryl methyl sites for hydroxylation is 2. The topological polar surface area (TPSA) is 37.8 Å². The Morgan fingerprint density at radius 2 is 2.22 bits per heavy atom. The largest absolute Gasteiger partial charge is 0.316 e. The van der Waals surface area contributed by atoms with Crippen LogP contribution in [-0.2, 0) is 13.0 Å². The van der Waals surface area contributed by atoms with E-state index < -0.39 is 0 Å². The van der Waals surface area contributed by atoms with Crippen molar-refractivity contribution in [2.75, 3.05) is 7.05 Å². The molecule has 0 radical (unpaired) electrons. The Hall–Kier alpha value is -0.910. The van der Waals surface area contributed by atoms with Gasteiger partial charge in [0.2, 0.25) is 0 Å². The Kier molecular flexibility index (Phi) is 4.74. The molecule has 1 heterocycles. The molecule has 0 saturated carbocycles. The Labute approximate surface area is 116 Å². The molecule has 2 aromatic rings. The summed E-state index contributed by atoms with van der Waals surface area (Å²) in [6.07, 6.45) is 0.900. The highest BCUT2D eigenvalue weighted by Gasteiger charge is 2.07. The molecule has 5 heteroatoms. The van der Waals surface area contributed by atoms with Gasteiger partial charge in [0.1, 0.15) is 5.82 Å². The van der Waals surface area contributed by atoms with Crippen molar-refractivity contribution in [1.82, 2.24) is 14.7 Å². The minimum Gasteiger partial charge on any atom is -0.316 e. The molecule has 0 unspecified atom stereocenters. The molecule has 1 aromatic carbocycles. The van der Waals surface area contributed by atoms with Crippen molar-refractivity contribution < 1.29 is 0 Å². The first-order valence-electron chi connectivity index (χ1n) is 5.97. The molecule has 2 rings (SSSR count). The van der Waals surface area contributed by atoms with Crippen molar-refractivity contribution in [1.29, 1.82) is 0 Å². The summed E-state index contributed by atoms with van der Waals surface area (Å²) in [4.78, 5) is 5.74. The SMILES string of the molecule is CCc1nsc(Sc2ccc(CNC)cc2C)n1. The van der Waals surface area contributed by atoms with Crippen LogP contribution in [0.3, 0.4) is 0 Å². The van der Waals surface area contributed by atoms with Crippen LogP contribution in [0.2, 0.25) is 0 Å². The predicted octanol–water partition coefficient (Wildman–Crippen LogP) is 3.28. The highest BCUT2D eigenvalue weighted by Crippen LogP contribution is 2.31. The van der Waals surface area contributed by atoms with Crippen LogP contribution in [-0.4, -0.2) is 16.4 Å². The van der Waals surface area contributed by atoms with Gasteiger partial charge in [-0.15, -0.1) is 0 Å². The van der Waals surface area contributed by atoms with E-state index in [-0.39, 0.29) is 0 Å². The van der Waals surface area contributed by atoms with Crippen LogP contribution in [0, 0.1) is 6.92 Å². The first-order chi connectivity index (χ1) is 8.72. The number of hydrogen-bond acceptors (Lipinski definition) is 5. The first kappa shape index (κ1) is 13.5. The molecule has 0 spiro atoms. The minimum atomic E-state index is 0.900. The number of nitrogens with one attached hydrogen (secondary N) is 1. The molecule has 0 bridgehead atoms. The smallest absolute Gasteiger partial charge is 0.174 e. The fourth-order valence-corrected chi connectivity index (χ4v) is 3.38. The zero-order valence-corrected chi connectivity index (χ0v) is 12.5. The first-order valence-corrected chi connectivity index (χ1v) is 7.56. The maximum Gasteiger partial charge on any atom is 0.174 e. The molecule has 96 valence electrons. The molecule has 0 aliphatic heterocycles. The lowest BCUT2D eigenvalue weighted by Gasteiger charge is -2.06. The monoisotopic (exact) mass is 279 g/mol. The average Bonchev–Trinajstić information content (AvgIpc) is 2.81. The fourth-order valence-electron chi connectivity index (χ4n) is 1.66. The quantitative estimate of drug-likeness (QED) is 0.911. The van der Waals surface area contributed by atoms with Crippen LogP contribution in [0.15, 0.2) is 27.4 Å². The maximum atomic E-state index is 4.48. The van der Waals surface area contributed by atoms with Crippen LogP contribution in [0.4, 0.5) is 0 Å². The third-order valence-corrected chi connectivity index (χ3v) is 4.55. The predicted molar refractivity (Wildman–Crippen MR) is 77.4 cm³/mol. The zero-order chi connectivity index (χ0) is 13.0. The maximum absolute atomic E-state index is 4.48. The molecule has 0 saturated heterocycles. The van der Waals surface area contributed by atoms with Gasteiger partial charge in [-0.3, -0.25) is 0 Å². The second kappa shape index (κ2) is 6.31. The Morgan fingerprint density at radius 3 is 2.83 bits per heavy atom. The summed E-state index contributed by atoms with van der Waals surface area (Å²) in [5, 5.41) is 3.16. The van der Waals surface area contributed by atoms with Gasteiger partial charge in [0.25, 0.3) is 0 Å². The summed E-state index contributed by atoms with van der Waals surface area (Å²) in [7, 11) is 1.96. The summed E-state index contributed by atoms with van der Waals surface area (Å²) >= 11 is 3.18. The van der Waals surface area contributed by atoms with Crippen molar-refractivity contribution in [2.45, 2.75) is 36.0 Å². The Bertz CT molecular complexity index is 523. The summed E-state index contributed by atoms with van der Waals surface area (Å²) < 4.78 is 5.33. The third-order valence-electron chi connectivity index (χ3n) is 2.58. The zero-order valence-electron chi connectivity index (χ0n) is 10.9. The second-order valence-corrected chi connectivity index (χ2v) is 6.10. The van der Waals surface area contributed by atoms with E-state index in [1.165, 1.54) is 27.6 Å². The molecule has 0 fully saturated rings. The summed E-state index contributed by atoms with van der Waals surface area (Å²) in [5.41, 5.74) is 2.60. The van der Waals surface area contributed by atoms with Gasteiger partial charge in [0.05, 0.1) is 0 Å². The second-order valence-electron chi connectivity index (χ2n) is 4.06. The van der Waals surface area contributed by atoms with E-state index in [9.17, 15) is 0 Å².